The van der Waals surface area contributed by atoms with E-state index in [2.05, 4.69) is 0 Å². The predicted molar refractivity (Wildman–Crippen MR) is 121 cm³/mol. The molecule has 6 nitrogen and oxygen atoms in total. The summed E-state index contributed by atoms with van der Waals surface area (Å²) in [5.41, 5.74) is 2.68. The number of aryl methyl sites for hydroxylation is 1. The van der Waals surface area contributed by atoms with Crippen molar-refractivity contribution in [2.75, 3.05) is 20.1 Å². The maximum Gasteiger partial charge on any atom is 0.416 e. The van der Waals surface area contributed by atoms with Crippen LogP contribution in [0.5, 0.6) is 0 Å². The van der Waals surface area contributed by atoms with Crippen LogP contribution in [0.15, 0.2) is 36.4 Å². The van der Waals surface area contributed by atoms with Gasteiger partial charge in [0.15, 0.2) is 0 Å². The summed E-state index contributed by atoms with van der Waals surface area (Å²) in [6.45, 7) is 0.867. The number of nitrogens with two attached hydrogens (primary N) is 1. The minimum Gasteiger partial charge on any atom is -0.361 e. The van der Waals surface area contributed by atoms with Crippen LogP contribution in [-0.2, 0) is 33.3 Å². The average molecular weight is 547 g/mol. The molecule has 13 heteroatoms. The number of carbonyl (C=O) groups is 3. The first kappa shape index (κ1) is 28.9. The molecule has 2 aromatic carbocycles. The molecule has 206 valence electrons. The van der Waals surface area contributed by atoms with Crippen molar-refractivity contribution >= 4 is 17.7 Å². The summed E-state index contributed by atoms with van der Waals surface area (Å²) >= 11 is 0. The smallest absolute Gasteiger partial charge is 0.361 e. The summed E-state index contributed by atoms with van der Waals surface area (Å²) in [5.74, 6) is -4.93. The van der Waals surface area contributed by atoms with Gasteiger partial charge in [-0.25, -0.2) is 4.39 Å². The molecule has 3 amide bonds. The van der Waals surface area contributed by atoms with Crippen molar-refractivity contribution in [3.63, 3.8) is 0 Å². The highest BCUT2D eigenvalue weighted by molar-refractivity contribution is 6.34. The van der Waals surface area contributed by atoms with E-state index in [4.69, 9.17) is 5.73 Å². The molecule has 2 aromatic rings. The van der Waals surface area contributed by atoms with Gasteiger partial charge in [-0.1, -0.05) is 6.07 Å². The number of piperidine rings is 1. The minimum absolute atomic E-state index is 0.00410. The molecule has 0 radical (unpaired) electrons. The highest BCUT2D eigenvalue weighted by Gasteiger charge is 2.40. The molecule has 0 aliphatic carbocycles. The Bertz CT molecular complexity index is 1210. The monoisotopic (exact) mass is 547 g/mol. The van der Waals surface area contributed by atoms with Gasteiger partial charge in [0.2, 0.25) is 5.91 Å². The van der Waals surface area contributed by atoms with E-state index in [-0.39, 0.29) is 31.1 Å². The lowest BCUT2D eigenvalue weighted by Gasteiger charge is -2.39. The molecule has 2 atom stereocenters. The minimum atomic E-state index is -5.04. The van der Waals surface area contributed by atoms with E-state index in [0.717, 1.165) is 15.9 Å². The van der Waals surface area contributed by atoms with Crippen molar-refractivity contribution in [1.82, 2.24) is 9.80 Å². The van der Waals surface area contributed by atoms with Crippen LogP contribution in [-0.4, -0.2) is 47.7 Å². The maximum absolute atomic E-state index is 13.7. The number of hydrogen-bond donors (Lipinski definition) is 1. The van der Waals surface area contributed by atoms with Crippen LogP contribution in [0.2, 0.25) is 0 Å². The van der Waals surface area contributed by atoms with E-state index < -0.39 is 65.4 Å². The van der Waals surface area contributed by atoms with Crippen LogP contribution in [0.1, 0.15) is 40.2 Å². The van der Waals surface area contributed by atoms with Gasteiger partial charge in [0.1, 0.15) is 5.82 Å². The van der Waals surface area contributed by atoms with Gasteiger partial charge in [-0.2, -0.15) is 26.3 Å². The number of hydrogen-bond acceptors (Lipinski definition) is 3. The Balaban J connectivity index is 1.93. The second-order valence-corrected chi connectivity index (χ2v) is 9.23. The fourth-order valence-electron chi connectivity index (χ4n) is 4.70. The van der Waals surface area contributed by atoms with E-state index in [1.165, 1.54) is 19.2 Å². The van der Waals surface area contributed by atoms with Crippen molar-refractivity contribution in [3.05, 3.63) is 70.0 Å². The topological polar surface area (TPSA) is 83.7 Å². The van der Waals surface area contributed by atoms with Crippen LogP contribution in [0, 0.1) is 18.7 Å². The van der Waals surface area contributed by atoms with Crippen molar-refractivity contribution in [3.8, 4) is 0 Å². The zero-order valence-electron chi connectivity index (χ0n) is 20.3. The van der Waals surface area contributed by atoms with Crippen LogP contribution >= 0.6 is 0 Å². The predicted octanol–water partition coefficient (Wildman–Crippen LogP) is 4.25. The van der Waals surface area contributed by atoms with Gasteiger partial charge >= 0.3 is 24.2 Å². The molecule has 0 saturated carbocycles. The van der Waals surface area contributed by atoms with Gasteiger partial charge in [-0.05, 0) is 60.4 Å². The summed E-state index contributed by atoms with van der Waals surface area (Å²) in [6.07, 6.45) is -10.0. The molecule has 0 aromatic heterocycles. The lowest BCUT2D eigenvalue weighted by atomic mass is 9.78. The number of likely N-dealkylation sites (tertiary alicyclic amines) is 1. The number of alkyl halides is 6. The first-order valence-corrected chi connectivity index (χ1v) is 11.4. The second-order valence-electron chi connectivity index (χ2n) is 9.23. The Morgan fingerprint density at radius 2 is 1.58 bits per heavy atom. The first-order valence-electron chi connectivity index (χ1n) is 11.4. The van der Waals surface area contributed by atoms with Gasteiger partial charge in [-0.15, -0.1) is 0 Å². The lowest BCUT2D eigenvalue weighted by molar-refractivity contribution is -0.147. The number of nitrogens with zero attached hydrogens (tertiary/aromatic N) is 2. The summed E-state index contributed by atoms with van der Waals surface area (Å²) in [6, 6.07) is 4.91. The summed E-state index contributed by atoms with van der Waals surface area (Å²) in [4.78, 5) is 39.2. The second kappa shape index (κ2) is 10.6. The van der Waals surface area contributed by atoms with Crippen LogP contribution in [0.3, 0.4) is 0 Å². The standard InChI is InChI=1S/C25H24F7N3O3/c1-13-7-17(26)3-4-18(13)20-12-35(23(38)21(33)36)6-5-19(20)22(37)34(2)11-14-8-15(24(27,28)29)10-16(9-14)25(30,31)32/h3-4,7-10,19-20H,5-6,11-12H2,1-2H3,(H2,33,36)/t19?,20-/m1/s1. The molecule has 38 heavy (non-hydrogen) atoms. The van der Waals surface area contributed by atoms with Gasteiger partial charge in [0.25, 0.3) is 0 Å². The number of primary amides is 1. The Hall–Kier alpha value is -3.64. The van der Waals surface area contributed by atoms with E-state index in [9.17, 15) is 45.1 Å². The molecule has 1 heterocycles. The Kier molecular flexibility index (Phi) is 8.08. The summed E-state index contributed by atoms with van der Waals surface area (Å²) in [5, 5.41) is 0. The van der Waals surface area contributed by atoms with Crippen LogP contribution in [0.4, 0.5) is 30.7 Å². The molecule has 0 bridgehead atoms. The number of rotatable bonds is 4. The van der Waals surface area contributed by atoms with Crippen molar-refractivity contribution < 1.29 is 45.1 Å². The summed E-state index contributed by atoms with van der Waals surface area (Å²) in [7, 11) is 1.24. The largest absolute Gasteiger partial charge is 0.416 e. The van der Waals surface area contributed by atoms with E-state index in [0.29, 0.717) is 23.3 Å². The lowest BCUT2D eigenvalue weighted by Crippen LogP contribution is -2.50. The number of halogens is 7. The quantitative estimate of drug-likeness (QED) is 0.459. The molecule has 1 unspecified atom stereocenters. The molecule has 1 saturated heterocycles. The van der Waals surface area contributed by atoms with Crippen LogP contribution in [0.25, 0.3) is 0 Å². The maximum atomic E-state index is 13.7. The molecule has 3 rings (SSSR count). The Labute approximate surface area is 213 Å². The van der Waals surface area contributed by atoms with Crippen molar-refractivity contribution in [2.45, 2.75) is 38.2 Å². The Morgan fingerprint density at radius 1 is 1.00 bits per heavy atom. The molecular weight excluding hydrogens is 523 g/mol. The zero-order valence-corrected chi connectivity index (χ0v) is 20.3. The van der Waals surface area contributed by atoms with E-state index >= 15 is 0 Å². The van der Waals surface area contributed by atoms with Gasteiger partial charge in [0.05, 0.1) is 11.1 Å². The Morgan fingerprint density at radius 3 is 2.08 bits per heavy atom. The molecule has 2 N–H and O–H groups in total. The third-order valence-electron chi connectivity index (χ3n) is 6.50. The van der Waals surface area contributed by atoms with E-state index in [1.54, 1.807) is 6.92 Å². The fraction of sp³-hybridized carbons (Fsp3) is 0.400. The first-order chi connectivity index (χ1) is 17.5. The number of amides is 3. The normalized spacial score (nSPS) is 18.3. The molecule has 1 aliphatic rings. The average Bonchev–Trinajstić information content (AvgIpc) is 2.81. The number of benzene rings is 2. The SMILES string of the molecule is Cc1cc(F)ccc1[C@H]1CN(C(=O)C(N)=O)CCC1C(=O)N(C)Cc1cc(C(F)(F)F)cc(C(F)(F)F)c1. The zero-order chi connectivity index (χ0) is 28.6. The highest BCUT2D eigenvalue weighted by atomic mass is 19.4. The molecule has 1 aliphatic heterocycles. The van der Waals surface area contributed by atoms with Gasteiger partial charge in [0, 0.05) is 38.5 Å². The fourth-order valence-corrected chi connectivity index (χ4v) is 4.70. The van der Waals surface area contributed by atoms with Gasteiger partial charge in [-0.3, -0.25) is 14.4 Å². The third-order valence-corrected chi connectivity index (χ3v) is 6.50. The van der Waals surface area contributed by atoms with Crippen molar-refractivity contribution in [2.24, 2.45) is 11.7 Å². The molecule has 1 fully saturated rings. The molecule has 0 spiro atoms. The summed E-state index contributed by atoms with van der Waals surface area (Å²) < 4.78 is 93.2. The van der Waals surface area contributed by atoms with Crippen LogP contribution < -0.4 is 5.73 Å². The number of carbonyl (C=O) groups excluding carboxylic acids is 3. The van der Waals surface area contributed by atoms with E-state index in [1.807, 2.05) is 0 Å². The van der Waals surface area contributed by atoms with Crippen molar-refractivity contribution in [1.29, 1.82) is 0 Å². The molecular formula is C25H24F7N3O3. The third kappa shape index (κ3) is 6.43. The highest BCUT2D eigenvalue weighted by Crippen LogP contribution is 2.38. The van der Waals surface area contributed by atoms with Gasteiger partial charge < -0.3 is 15.5 Å².